The molecular formula is C2H4NO2P. The summed E-state index contributed by atoms with van der Waals surface area (Å²) >= 11 is 0. The Morgan fingerprint density at radius 1 is 1.83 bits per heavy atom. The first-order valence-corrected chi connectivity index (χ1v) is 2.34. The van der Waals surface area contributed by atoms with Crippen LogP contribution in [0.5, 0.6) is 0 Å². The second kappa shape index (κ2) is 2.79. The summed E-state index contributed by atoms with van der Waals surface area (Å²) in [6.45, 7) is 0. The van der Waals surface area contributed by atoms with Gasteiger partial charge in [0.05, 0.1) is 0 Å². The lowest BCUT2D eigenvalue weighted by Gasteiger charge is -1.71. The fraction of sp³-hybridized carbons (Fsp3) is 0.500. The minimum Gasteiger partial charge on any atom is -0.369 e. The third-order valence-electron chi connectivity index (χ3n) is 0.220. The van der Waals surface area contributed by atoms with Gasteiger partial charge in [-0.3, -0.25) is 9.36 Å². The van der Waals surface area contributed by atoms with Crippen LogP contribution in [0.4, 0.5) is 0 Å². The van der Waals surface area contributed by atoms with Crippen molar-refractivity contribution in [2.24, 2.45) is 5.73 Å². The number of amides is 1. The van der Waals surface area contributed by atoms with Crippen LogP contribution in [0.25, 0.3) is 0 Å². The summed E-state index contributed by atoms with van der Waals surface area (Å²) in [5, 5.41) is 0. The van der Waals surface area contributed by atoms with Crippen molar-refractivity contribution in [1.82, 2.24) is 0 Å². The van der Waals surface area contributed by atoms with Crippen LogP contribution in [0.1, 0.15) is 0 Å². The van der Waals surface area contributed by atoms with E-state index in [0.29, 0.717) is 0 Å². The van der Waals surface area contributed by atoms with E-state index >= 15 is 0 Å². The van der Waals surface area contributed by atoms with Crippen LogP contribution in [-0.2, 0) is 9.36 Å². The molecule has 6 heavy (non-hydrogen) atoms. The highest BCUT2D eigenvalue weighted by Crippen LogP contribution is 1.84. The Hall–Kier alpha value is -0.430. The second-order valence-corrected chi connectivity index (χ2v) is 1.33. The van der Waals surface area contributed by atoms with Crippen LogP contribution < -0.4 is 5.73 Å². The van der Waals surface area contributed by atoms with Gasteiger partial charge < -0.3 is 5.73 Å². The van der Waals surface area contributed by atoms with E-state index < -0.39 is 5.91 Å². The molecule has 0 saturated heterocycles. The molecule has 0 radical (unpaired) electrons. The quantitative estimate of drug-likeness (QED) is 0.493. The summed E-state index contributed by atoms with van der Waals surface area (Å²) in [6.07, 6.45) is -0.0694. The van der Waals surface area contributed by atoms with Gasteiger partial charge >= 0.3 is 0 Å². The lowest BCUT2D eigenvalue weighted by molar-refractivity contribution is -0.115. The molecule has 3 nitrogen and oxygen atoms in total. The lowest BCUT2D eigenvalue weighted by atomic mass is 10.8. The fourth-order valence-electron chi connectivity index (χ4n) is 0.0636. The molecule has 0 spiro atoms. The average molecular weight is 105 g/mol. The summed E-state index contributed by atoms with van der Waals surface area (Å²) < 4.78 is 9.41. The molecule has 0 aliphatic rings. The van der Waals surface area contributed by atoms with E-state index in [9.17, 15) is 9.36 Å². The van der Waals surface area contributed by atoms with Crippen LogP contribution in [0.3, 0.4) is 0 Å². The molecule has 0 unspecified atom stereocenters. The molecule has 1 amide bonds. The van der Waals surface area contributed by atoms with Crippen LogP contribution in [-0.4, -0.2) is 12.1 Å². The lowest BCUT2D eigenvalue weighted by Crippen LogP contribution is -2.11. The summed E-state index contributed by atoms with van der Waals surface area (Å²) in [4.78, 5) is 9.61. The fourth-order valence-corrected chi connectivity index (χ4v) is 0.191. The molecule has 0 rings (SSSR count). The number of nitrogens with two attached hydrogens (primary N) is 1. The molecule has 0 heterocycles. The molecule has 0 aromatic rings. The first kappa shape index (κ1) is 5.57. The summed E-state index contributed by atoms with van der Waals surface area (Å²) in [5.74, 6) is -0.535. The van der Waals surface area contributed by atoms with Crippen molar-refractivity contribution in [3.05, 3.63) is 0 Å². The van der Waals surface area contributed by atoms with E-state index in [-0.39, 0.29) is 14.6 Å². The number of hydrogen-bond donors (Lipinski definition) is 1. The zero-order valence-corrected chi connectivity index (χ0v) is 3.94. The number of carbonyl (C=O) groups excluding carboxylic acids is 1. The Balaban J connectivity index is 3.05. The molecule has 0 aliphatic heterocycles. The highest BCUT2D eigenvalue weighted by Gasteiger charge is 1.86. The molecule has 0 aromatic carbocycles. The van der Waals surface area contributed by atoms with Gasteiger partial charge in [0, 0.05) is 0 Å². The van der Waals surface area contributed by atoms with E-state index in [0.717, 1.165) is 0 Å². The molecular weight excluding hydrogens is 101 g/mol. The summed E-state index contributed by atoms with van der Waals surface area (Å²) in [5.41, 5.74) is 4.56. The Morgan fingerprint density at radius 2 is 2.33 bits per heavy atom. The Kier molecular flexibility index (Phi) is 2.59. The molecule has 0 aromatic heterocycles. The van der Waals surface area contributed by atoms with Crippen molar-refractivity contribution < 1.29 is 9.36 Å². The van der Waals surface area contributed by atoms with Crippen molar-refractivity contribution in [2.75, 3.05) is 6.16 Å². The van der Waals surface area contributed by atoms with Crippen molar-refractivity contribution in [2.45, 2.75) is 0 Å². The number of primary amides is 1. The SMILES string of the molecule is NC(=O)CP=O. The van der Waals surface area contributed by atoms with Gasteiger partial charge in [-0.15, -0.1) is 0 Å². The maximum atomic E-state index is 9.61. The summed E-state index contributed by atoms with van der Waals surface area (Å²) in [6, 6.07) is 0. The molecule has 4 heteroatoms. The van der Waals surface area contributed by atoms with Gasteiger partial charge in [-0.2, -0.15) is 0 Å². The van der Waals surface area contributed by atoms with E-state index in [1.165, 1.54) is 0 Å². The van der Waals surface area contributed by atoms with E-state index in [1.807, 2.05) is 0 Å². The highest BCUT2D eigenvalue weighted by atomic mass is 31.1. The molecule has 0 bridgehead atoms. The van der Waals surface area contributed by atoms with Gasteiger partial charge in [-0.1, -0.05) is 0 Å². The van der Waals surface area contributed by atoms with E-state index in [2.05, 4.69) is 5.73 Å². The van der Waals surface area contributed by atoms with Crippen molar-refractivity contribution in [3.8, 4) is 0 Å². The van der Waals surface area contributed by atoms with Crippen LogP contribution in [0.2, 0.25) is 0 Å². The van der Waals surface area contributed by atoms with Gasteiger partial charge in [0.25, 0.3) is 0 Å². The third kappa shape index (κ3) is 3.57. The molecule has 0 atom stereocenters. The van der Waals surface area contributed by atoms with Crippen LogP contribution in [0.15, 0.2) is 0 Å². The van der Waals surface area contributed by atoms with Crippen LogP contribution in [0, 0.1) is 0 Å². The van der Waals surface area contributed by atoms with Gasteiger partial charge in [0.2, 0.25) is 5.91 Å². The number of hydrogen-bond acceptors (Lipinski definition) is 2. The molecule has 2 N–H and O–H groups in total. The number of carbonyl (C=O) groups is 1. The molecule has 0 aliphatic carbocycles. The maximum absolute atomic E-state index is 9.61. The Morgan fingerprint density at radius 3 is 2.33 bits per heavy atom. The highest BCUT2D eigenvalue weighted by molar-refractivity contribution is 7.25. The monoisotopic (exact) mass is 105 g/mol. The number of rotatable bonds is 2. The molecule has 0 saturated carbocycles. The Bertz CT molecular complexity index is 71.9. The van der Waals surface area contributed by atoms with Crippen molar-refractivity contribution in [1.29, 1.82) is 0 Å². The van der Waals surface area contributed by atoms with Gasteiger partial charge in [-0.25, -0.2) is 0 Å². The third-order valence-corrected chi connectivity index (χ3v) is 0.661. The minimum absolute atomic E-state index is 0.0694. The standard InChI is InChI=1S/C2H4NO2P/c3-2(4)1-6-5/h1H2,(H2,3,4). The summed E-state index contributed by atoms with van der Waals surface area (Å²) in [7, 11) is -0.201. The maximum Gasteiger partial charge on any atom is 0.229 e. The predicted octanol–water partition coefficient (Wildman–Crippen LogP) is -0.237. The largest absolute Gasteiger partial charge is 0.369 e. The van der Waals surface area contributed by atoms with Crippen molar-refractivity contribution in [3.63, 3.8) is 0 Å². The van der Waals surface area contributed by atoms with Gasteiger partial charge in [0.15, 0.2) is 8.46 Å². The first-order valence-electron chi connectivity index (χ1n) is 1.35. The van der Waals surface area contributed by atoms with Gasteiger partial charge in [0.1, 0.15) is 6.16 Å². The van der Waals surface area contributed by atoms with Gasteiger partial charge in [-0.05, 0) is 0 Å². The zero-order valence-electron chi connectivity index (χ0n) is 3.05. The van der Waals surface area contributed by atoms with Crippen LogP contribution >= 0.6 is 8.46 Å². The predicted molar refractivity (Wildman–Crippen MR) is 21.7 cm³/mol. The minimum atomic E-state index is -0.535. The zero-order chi connectivity index (χ0) is 4.99. The average Bonchev–Trinajstić information content (AvgIpc) is 1.35. The van der Waals surface area contributed by atoms with E-state index in [4.69, 9.17) is 0 Å². The molecule has 34 valence electrons. The first-order chi connectivity index (χ1) is 2.77. The smallest absolute Gasteiger partial charge is 0.229 e. The topological polar surface area (TPSA) is 60.2 Å². The normalized spacial score (nSPS) is 8.67. The Labute approximate surface area is 36.7 Å². The molecule has 0 fully saturated rings. The van der Waals surface area contributed by atoms with E-state index in [1.54, 1.807) is 0 Å². The second-order valence-electron chi connectivity index (χ2n) is 0.754. The van der Waals surface area contributed by atoms with Crippen molar-refractivity contribution >= 4 is 14.4 Å².